The van der Waals surface area contributed by atoms with Crippen LogP contribution in [-0.2, 0) is 4.74 Å². The number of hydrogen-bond acceptors (Lipinski definition) is 4. The summed E-state index contributed by atoms with van der Waals surface area (Å²) in [5.41, 5.74) is 0. The molecule has 1 aromatic carbocycles. The summed E-state index contributed by atoms with van der Waals surface area (Å²) >= 11 is 5.86. The molecule has 2 aliphatic heterocycles. The molecule has 3 rings (SSSR count). The number of benzene rings is 1. The first kappa shape index (κ1) is 16.1. The van der Waals surface area contributed by atoms with Gasteiger partial charge in [0, 0.05) is 50.9 Å². The van der Waals surface area contributed by atoms with E-state index >= 15 is 0 Å². The number of rotatable bonds is 6. The first-order chi connectivity index (χ1) is 10.8. The van der Waals surface area contributed by atoms with Gasteiger partial charge in [-0.25, -0.2) is 0 Å². The largest absolute Gasteiger partial charge is 0.492 e. The molecule has 0 saturated carbocycles. The average molecular weight is 325 g/mol. The molecule has 122 valence electrons. The van der Waals surface area contributed by atoms with Gasteiger partial charge in [0.05, 0.1) is 6.10 Å². The first-order valence-corrected chi connectivity index (χ1v) is 8.62. The SMILES string of the molecule is Clc1ccc(OCCN2CCN(CC3CCCO3)CC2)cc1. The van der Waals surface area contributed by atoms with Gasteiger partial charge in [0.15, 0.2) is 0 Å². The second kappa shape index (κ2) is 8.16. The van der Waals surface area contributed by atoms with Crippen molar-refractivity contribution in [1.82, 2.24) is 9.80 Å². The highest BCUT2D eigenvalue weighted by Crippen LogP contribution is 2.16. The Morgan fingerprint density at radius 1 is 1.09 bits per heavy atom. The summed E-state index contributed by atoms with van der Waals surface area (Å²) in [4.78, 5) is 5.01. The quantitative estimate of drug-likeness (QED) is 0.803. The smallest absolute Gasteiger partial charge is 0.119 e. The van der Waals surface area contributed by atoms with Crippen molar-refractivity contribution in [2.75, 3.05) is 52.5 Å². The van der Waals surface area contributed by atoms with E-state index in [0.717, 1.165) is 63.3 Å². The van der Waals surface area contributed by atoms with Crippen molar-refractivity contribution in [3.8, 4) is 5.75 Å². The number of piperazine rings is 1. The van der Waals surface area contributed by atoms with E-state index in [1.54, 1.807) is 0 Å². The maximum absolute atomic E-state index is 5.86. The molecule has 2 fully saturated rings. The molecule has 0 amide bonds. The highest BCUT2D eigenvalue weighted by atomic mass is 35.5. The van der Waals surface area contributed by atoms with Gasteiger partial charge in [-0.15, -0.1) is 0 Å². The van der Waals surface area contributed by atoms with Gasteiger partial charge in [-0.1, -0.05) is 11.6 Å². The summed E-state index contributed by atoms with van der Waals surface area (Å²) in [6, 6.07) is 7.56. The Morgan fingerprint density at radius 3 is 2.50 bits per heavy atom. The highest BCUT2D eigenvalue weighted by molar-refractivity contribution is 6.30. The van der Waals surface area contributed by atoms with Crippen molar-refractivity contribution >= 4 is 11.6 Å². The van der Waals surface area contributed by atoms with E-state index < -0.39 is 0 Å². The van der Waals surface area contributed by atoms with Crippen molar-refractivity contribution in [3.05, 3.63) is 29.3 Å². The van der Waals surface area contributed by atoms with Crippen LogP contribution >= 0.6 is 11.6 Å². The van der Waals surface area contributed by atoms with E-state index in [1.807, 2.05) is 24.3 Å². The van der Waals surface area contributed by atoms with Crippen LogP contribution in [0.3, 0.4) is 0 Å². The van der Waals surface area contributed by atoms with Crippen LogP contribution < -0.4 is 4.74 Å². The van der Waals surface area contributed by atoms with Crippen molar-refractivity contribution in [1.29, 1.82) is 0 Å². The molecule has 0 radical (unpaired) electrons. The summed E-state index contributed by atoms with van der Waals surface area (Å²) in [7, 11) is 0. The molecule has 4 nitrogen and oxygen atoms in total. The van der Waals surface area contributed by atoms with Gasteiger partial charge in [0.2, 0.25) is 0 Å². The molecule has 2 saturated heterocycles. The molecule has 5 heteroatoms. The molecule has 2 aliphatic rings. The van der Waals surface area contributed by atoms with Gasteiger partial charge in [-0.05, 0) is 37.1 Å². The number of nitrogens with zero attached hydrogens (tertiary/aromatic N) is 2. The predicted octanol–water partition coefficient (Wildman–Crippen LogP) is 2.52. The third-order valence-corrected chi connectivity index (χ3v) is 4.69. The predicted molar refractivity (Wildman–Crippen MR) is 88.8 cm³/mol. The van der Waals surface area contributed by atoms with Gasteiger partial charge in [-0.2, -0.15) is 0 Å². The van der Waals surface area contributed by atoms with Crippen molar-refractivity contribution in [2.24, 2.45) is 0 Å². The number of ether oxygens (including phenoxy) is 2. The van der Waals surface area contributed by atoms with E-state index in [1.165, 1.54) is 12.8 Å². The zero-order valence-corrected chi connectivity index (χ0v) is 13.8. The van der Waals surface area contributed by atoms with E-state index in [2.05, 4.69) is 9.80 Å². The molecule has 0 spiro atoms. The van der Waals surface area contributed by atoms with Crippen LogP contribution in [0, 0.1) is 0 Å². The second-order valence-electron chi connectivity index (χ2n) is 6.08. The molecular formula is C17H25ClN2O2. The minimum Gasteiger partial charge on any atom is -0.492 e. The van der Waals surface area contributed by atoms with Crippen LogP contribution in [0.5, 0.6) is 5.75 Å². The van der Waals surface area contributed by atoms with Crippen LogP contribution in [0.4, 0.5) is 0 Å². The van der Waals surface area contributed by atoms with Gasteiger partial charge in [-0.3, -0.25) is 9.80 Å². The number of hydrogen-bond donors (Lipinski definition) is 0. The lowest BCUT2D eigenvalue weighted by Crippen LogP contribution is -2.49. The van der Waals surface area contributed by atoms with Crippen molar-refractivity contribution in [2.45, 2.75) is 18.9 Å². The number of halogens is 1. The maximum Gasteiger partial charge on any atom is 0.119 e. The Bertz CT molecular complexity index is 440. The summed E-state index contributed by atoms with van der Waals surface area (Å²) in [6.45, 7) is 8.29. The Labute approximate surface area is 137 Å². The molecule has 0 aliphatic carbocycles. The molecule has 0 aromatic heterocycles. The zero-order chi connectivity index (χ0) is 15.2. The first-order valence-electron chi connectivity index (χ1n) is 8.24. The van der Waals surface area contributed by atoms with Crippen molar-refractivity contribution < 1.29 is 9.47 Å². The highest BCUT2D eigenvalue weighted by Gasteiger charge is 2.22. The van der Waals surface area contributed by atoms with Crippen LogP contribution in [-0.4, -0.2) is 68.4 Å². The lowest BCUT2D eigenvalue weighted by atomic mass is 10.2. The fraction of sp³-hybridized carbons (Fsp3) is 0.647. The summed E-state index contributed by atoms with van der Waals surface area (Å²) < 4.78 is 11.5. The van der Waals surface area contributed by atoms with Gasteiger partial charge < -0.3 is 9.47 Å². The third-order valence-electron chi connectivity index (χ3n) is 4.44. The maximum atomic E-state index is 5.86. The molecule has 2 heterocycles. The molecule has 1 atom stereocenters. The van der Waals surface area contributed by atoms with E-state index in [9.17, 15) is 0 Å². The molecule has 0 N–H and O–H groups in total. The summed E-state index contributed by atoms with van der Waals surface area (Å²) in [5, 5.41) is 0.745. The Balaban J connectivity index is 1.31. The van der Waals surface area contributed by atoms with Crippen LogP contribution in [0.25, 0.3) is 0 Å². The monoisotopic (exact) mass is 324 g/mol. The second-order valence-corrected chi connectivity index (χ2v) is 6.52. The van der Waals surface area contributed by atoms with E-state index in [-0.39, 0.29) is 0 Å². The molecular weight excluding hydrogens is 300 g/mol. The summed E-state index contributed by atoms with van der Waals surface area (Å²) in [6.07, 6.45) is 2.93. The van der Waals surface area contributed by atoms with Gasteiger partial charge in [0.1, 0.15) is 12.4 Å². The van der Waals surface area contributed by atoms with Crippen LogP contribution in [0.2, 0.25) is 5.02 Å². The Hall–Kier alpha value is -0.810. The lowest BCUT2D eigenvalue weighted by molar-refractivity contribution is 0.0478. The van der Waals surface area contributed by atoms with Crippen LogP contribution in [0.1, 0.15) is 12.8 Å². The fourth-order valence-corrected chi connectivity index (χ4v) is 3.22. The normalized spacial score (nSPS) is 23.8. The third kappa shape index (κ3) is 4.85. The molecule has 1 aromatic rings. The minimum atomic E-state index is 0.472. The lowest BCUT2D eigenvalue weighted by Gasteiger charge is -2.35. The minimum absolute atomic E-state index is 0.472. The Morgan fingerprint density at radius 2 is 1.82 bits per heavy atom. The standard InChI is InChI=1S/C17H25ClN2O2/c18-15-3-5-16(6-4-15)22-13-11-19-7-9-20(10-8-19)14-17-2-1-12-21-17/h3-6,17H,1-2,7-14H2. The molecule has 1 unspecified atom stereocenters. The summed E-state index contributed by atoms with van der Waals surface area (Å²) in [5.74, 6) is 0.890. The van der Waals surface area contributed by atoms with E-state index in [0.29, 0.717) is 6.10 Å². The Kier molecular flexibility index (Phi) is 5.96. The van der Waals surface area contributed by atoms with Gasteiger partial charge >= 0.3 is 0 Å². The van der Waals surface area contributed by atoms with E-state index in [4.69, 9.17) is 21.1 Å². The van der Waals surface area contributed by atoms with Crippen molar-refractivity contribution in [3.63, 3.8) is 0 Å². The topological polar surface area (TPSA) is 24.9 Å². The molecule has 22 heavy (non-hydrogen) atoms. The average Bonchev–Trinajstić information content (AvgIpc) is 3.04. The molecule has 0 bridgehead atoms. The van der Waals surface area contributed by atoms with Gasteiger partial charge in [0.25, 0.3) is 0 Å². The fourth-order valence-electron chi connectivity index (χ4n) is 3.10. The zero-order valence-electron chi connectivity index (χ0n) is 13.0. The van der Waals surface area contributed by atoms with Crippen LogP contribution in [0.15, 0.2) is 24.3 Å².